The maximum Gasteiger partial charge on any atom is 0.404 e. The predicted molar refractivity (Wildman–Crippen MR) is 153 cm³/mol. The van der Waals surface area contributed by atoms with Gasteiger partial charge < -0.3 is 0 Å². The molecule has 0 radical (unpaired) electrons. The lowest BCUT2D eigenvalue weighted by atomic mass is 9.70. The summed E-state index contributed by atoms with van der Waals surface area (Å²) in [6, 6.07) is 13.2. The zero-order valence-corrected chi connectivity index (χ0v) is 25.6. The van der Waals surface area contributed by atoms with Crippen molar-refractivity contribution in [2.75, 3.05) is 6.66 Å². The minimum Gasteiger partial charge on any atom is -0.193 e. The number of benzene rings is 2. The van der Waals surface area contributed by atoms with E-state index >= 15 is 0 Å². The SMILES string of the molecule is CC(C)(C)c1ccc(C(C)(O[P+](C)(O)O)c2ccc(C(C)(C)C)cc2C(C)(C)C)c(C(C)(C)C)c1. The Kier molecular flexibility index (Phi) is 7.92. The van der Waals surface area contributed by atoms with E-state index < -0.39 is 13.5 Å². The monoisotopic (exact) mass is 501 g/mol. The predicted octanol–water partition coefficient (Wildman–Crippen LogP) is 8.53. The molecular weight excluding hydrogens is 451 g/mol. The fourth-order valence-corrected chi connectivity index (χ4v) is 5.57. The number of rotatable bonds is 4. The fourth-order valence-electron chi connectivity index (χ4n) is 4.68. The van der Waals surface area contributed by atoms with Crippen molar-refractivity contribution < 1.29 is 14.3 Å². The Morgan fingerprint density at radius 3 is 1.06 bits per heavy atom. The summed E-state index contributed by atoms with van der Waals surface area (Å²) in [6.45, 7) is 30.0. The van der Waals surface area contributed by atoms with E-state index in [2.05, 4.69) is 119 Å². The van der Waals surface area contributed by atoms with Crippen molar-refractivity contribution in [3.8, 4) is 0 Å². The molecule has 2 aromatic rings. The van der Waals surface area contributed by atoms with Gasteiger partial charge in [-0.1, -0.05) is 119 Å². The second kappa shape index (κ2) is 9.25. The van der Waals surface area contributed by atoms with Crippen molar-refractivity contribution in [2.24, 2.45) is 0 Å². The van der Waals surface area contributed by atoms with E-state index in [0.717, 1.165) is 22.3 Å². The third-order valence-electron chi connectivity index (χ3n) is 6.77. The Balaban J connectivity index is 3.03. The van der Waals surface area contributed by atoms with Gasteiger partial charge in [-0.25, -0.2) is 0 Å². The van der Waals surface area contributed by atoms with Crippen molar-refractivity contribution in [1.82, 2.24) is 0 Å². The Hall–Kier alpha value is -1.25. The van der Waals surface area contributed by atoms with Gasteiger partial charge in [-0.05, 0) is 62.0 Å². The molecule has 0 saturated carbocycles. The van der Waals surface area contributed by atoms with E-state index in [-0.39, 0.29) is 21.7 Å². The average molecular weight is 502 g/mol. The molecule has 0 aliphatic rings. The maximum atomic E-state index is 10.7. The molecule has 0 bridgehead atoms. The van der Waals surface area contributed by atoms with Crippen LogP contribution < -0.4 is 0 Å². The molecule has 0 heterocycles. The quantitative estimate of drug-likeness (QED) is 0.413. The first-order chi connectivity index (χ1) is 15.4. The molecule has 0 spiro atoms. The van der Waals surface area contributed by atoms with Crippen molar-refractivity contribution in [2.45, 2.75) is 117 Å². The van der Waals surface area contributed by atoms with Crippen LogP contribution in [0, 0.1) is 0 Å². The lowest BCUT2D eigenvalue weighted by Crippen LogP contribution is -2.35. The molecule has 2 aromatic carbocycles. The van der Waals surface area contributed by atoms with Crippen molar-refractivity contribution in [3.63, 3.8) is 0 Å². The Morgan fingerprint density at radius 2 is 0.829 bits per heavy atom. The standard InChI is InChI=1S/C31H50O3P/c1-27(2,3)21-15-17-23(25(19-21)29(7,8)9)31(13,34-35(14,32)33)24-18-16-22(28(4,5)6)20-26(24)30(10,11)12/h15-20,32-33H,1-14H3/q+1. The third-order valence-corrected chi connectivity index (χ3v) is 7.48. The van der Waals surface area contributed by atoms with E-state index in [1.807, 2.05) is 6.92 Å². The van der Waals surface area contributed by atoms with Crippen LogP contribution in [0.1, 0.15) is 123 Å². The van der Waals surface area contributed by atoms with Crippen LogP contribution in [0.15, 0.2) is 36.4 Å². The van der Waals surface area contributed by atoms with Gasteiger partial charge >= 0.3 is 7.94 Å². The van der Waals surface area contributed by atoms with Gasteiger partial charge in [-0.3, -0.25) is 0 Å². The molecule has 0 saturated heterocycles. The molecular formula is C31H50O3P+. The van der Waals surface area contributed by atoms with Crippen LogP contribution in [-0.4, -0.2) is 16.5 Å². The molecule has 2 N–H and O–H groups in total. The lowest BCUT2D eigenvalue weighted by molar-refractivity contribution is 0.0941. The second-order valence-corrected chi connectivity index (χ2v) is 16.3. The molecule has 0 unspecified atom stereocenters. The Morgan fingerprint density at radius 1 is 0.514 bits per heavy atom. The zero-order chi connectivity index (χ0) is 27.4. The van der Waals surface area contributed by atoms with Gasteiger partial charge in [0.25, 0.3) is 0 Å². The van der Waals surface area contributed by atoms with Crippen LogP contribution in [0.2, 0.25) is 0 Å². The van der Waals surface area contributed by atoms with Crippen LogP contribution in [0.3, 0.4) is 0 Å². The summed E-state index contributed by atoms with van der Waals surface area (Å²) in [6.07, 6.45) is 0. The molecule has 0 amide bonds. The van der Waals surface area contributed by atoms with Crippen molar-refractivity contribution >= 4 is 7.94 Å². The summed E-state index contributed by atoms with van der Waals surface area (Å²) >= 11 is 0. The first-order valence-electron chi connectivity index (χ1n) is 12.7. The first-order valence-corrected chi connectivity index (χ1v) is 14.8. The third kappa shape index (κ3) is 6.95. The fraction of sp³-hybridized carbons (Fsp3) is 0.613. The summed E-state index contributed by atoms with van der Waals surface area (Å²) in [4.78, 5) is 21.4. The molecule has 2 rings (SSSR count). The largest absolute Gasteiger partial charge is 0.404 e. The van der Waals surface area contributed by atoms with Crippen LogP contribution >= 0.6 is 7.94 Å². The normalized spacial score (nSPS) is 14.4. The van der Waals surface area contributed by atoms with Gasteiger partial charge in [0.2, 0.25) is 0 Å². The summed E-state index contributed by atoms with van der Waals surface area (Å²) < 4.78 is 6.34. The minimum absolute atomic E-state index is 0.00378. The summed E-state index contributed by atoms with van der Waals surface area (Å²) in [5.41, 5.74) is 5.35. The molecule has 0 atom stereocenters. The number of hydrogen-bond acceptors (Lipinski definition) is 3. The topological polar surface area (TPSA) is 49.7 Å². The Labute approximate surface area is 215 Å². The summed E-state index contributed by atoms with van der Waals surface area (Å²) in [7, 11) is -3.60. The average Bonchev–Trinajstić information content (AvgIpc) is 2.62. The van der Waals surface area contributed by atoms with E-state index in [1.165, 1.54) is 17.8 Å². The molecule has 4 heteroatoms. The van der Waals surface area contributed by atoms with E-state index in [1.54, 1.807) is 0 Å². The van der Waals surface area contributed by atoms with Crippen LogP contribution in [0.4, 0.5) is 0 Å². The van der Waals surface area contributed by atoms with E-state index in [9.17, 15) is 9.79 Å². The van der Waals surface area contributed by atoms with E-state index in [4.69, 9.17) is 4.52 Å². The first kappa shape index (κ1) is 30.0. The molecule has 0 fully saturated rings. The highest BCUT2D eigenvalue weighted by Crippen LogP contribution is 2.57. The molecule has 35 heavy (non-hydrogen) atoms. The minimum atomic E-state index is -3.60. The highest BCUT2D eigenvalue weighted by Gasteiger charge is 2.48. The van der Waals surface area contributed by atoms with Gasteiger partial charge in [-0.15, -0.1) is 0 Å². The second-order valence-electron chi connectivity index (χ2n) is 14.5. The van der Waals surface area contributed by atoms with Gasteiger partial charge in [0, 0.05) is 0 Å². The smallest absolute Gasteiger partial charge is 0.193 e. The highest BCUT2D eigenvalue weighted by molar-refractivity contribution is 7.58. The van der Waals surface area contributed by atoms with Crippen LogP contribution in [0.5, 0.6) is 0 Å². The van der Waals surface area contributed by atoms with Gasteiger partial charge in [0.05, 0.1) is 0 Å². The maximum absolute atomic E-state index is 10.7. The van der Waals surface area contributed by atoms with Gasteiger partial charge in [0.1, 0.15) is 6.66 Å². The van der Waals surface area contributed by atoms with Crippen molar-refractivity contribution in [1.29, 1.82) is 0 Å². The molecule has 0 aliphatic heterocycles. The van der Waals surface area contributed by atoms with Gasteiger partial charge in [-0.2, -0.15) is 14.3 Å². The molecule has 0 aromatic heterocycles. The zero-order valence-electron chi connectivity index (χ0n) is 24.7. The number of hydrogen-bond donors (Lipinski definition) is 2. The highest BCUT2D eigenvalue weighted by atomic mass is 31.2. The molecule has 3 nitrogen and oxygen atoms in total. The lowest BCUT2D eigenvalue weighted by Gasteiger charge is -2.39. The van der Waals surface area contributed by atoms with Crippen molar-refractivity contribution in [3.05, 3.63) is 69.8 Å². The van der Waals surface area contributed by atoms with Crippen LogP contribution in [-0.2, 0) is 31.8 Å². The van der Waals surface area contributed by atoms with E-state index in [0.29, 0.717) is 0 Å². The molecule has 196 valence electrons. The molecule has 0 aliphatic carbocycles. The van der Waals surface area contributed by atoms with Crippen LogP contribution in [0.25, 0.3) is 0 Å². The van der Waals surface area contributed by atoms with Gasteiger partial charge in [0.15, 0.2) is 5.60 Å². The Bertz CT molecular complexity index is 974. The summed E-state index contributed by atoms with van der Waals surface area (Å²) in [5, 5.41) is 0. The summed E-state index contributed by atoms with van der Waals surface area (Å²) in [5.74, 6) is 0.